The van der Waals surface area contributed by atoms with Crippen molar-refractivity contribution >= 4 is 17.2 Å². The molecule has 2 atom stereocenters. The molecular weight excluding hydrogens is 384 g/mol. The van der Waals surface area contributed by atoms with E-state index in [1.54, 1.807) is 0 Å². The van der Waals surface area contributed by atoms with Crippen molar-refractivity contribution in [2.75, 3.05) is 26.2 Å². The predicted molar refractivity (Wildman–Crippen MR) is 115 cm³/mol. The molecule has 0 bridgehead atoms. The van der Waals surface area contributed by atoms with Crippen molar-refractivity contribution in [3.8, 4) is 5.88 Å². The number of primary amides is 1. The molecular formula is C22H30N4O2S. The molecule has 2 unspecified atom stereocenters. The minimum absolute atomic E-state index is 0.165. The van der Waals surface area contributed by atoms with Gasteiger partial charge in [0.15, 0.2) is 4.88 Å². The molecule has 2 aliphatic rings. The van der Waals surface area contributed by atoms with Crippen LogP contribution in [0.1, 0.15) is 51.8 Å². The molecule has 156 valence electrons. The number of aromatic hydroxyl groups is 1. The molecule has 1 aliphatic heterocycles. The van der Waals surface area contributed by atoms with Crippen LogP contribution in [0.4, 0.5) is 0 Å². The number of hydrogen-bond acceptors (Lipinski definition) is 6. The summed E-state index contributed by atoms with van der Waals surface area (Å²) in [4.78, 5) is 17.9. The zero-order chi connectivity index (χ0) is 20.2. The van der Waals surface area contributed by atoms with Crippen molar-refractivity contribution < 1.29 is 9.90 Å². The van der Waals surface area contributed by atoms with E-state index in [4.69, 9.17) is 5.73 Å². The quantitative estimate of drug-likeness (QED) is 0.587. The lowest BCUT2D eigenvalue weighted by atomic mass is 9.96. The van der Waals surface area contributed by atoms with Gasteiger partial charge in [0.2, 0.25) is 5.88 Å². The number of rotatable bonds is 9. The van der Waals surface area contributed by atoms with Crippen LogP contribution >= 0.6 is 11.3 Å². The topological polar surface area (TPSA) is 91.5 Å². The first kappa shape index (κ1) is 20.3. The number of nitrogens with zero attached hydrogens (tertiary/aromatic N) is 2. The first-order valence-electron chi connectivity index (χ1n) is 10.6. The Morgan fingerprint density at radius 3 is 2.72 bits per heavy atom. The Morgan fingerprint density at radius 2 is 2.03 bits per heavy atom. The number of likely N-dealkylation sites (tertiary alicyclic amines) is 1. The highest BCUT2D eigenvalue weighted by Gasteiger charge is 2.38. The van der Waals surface area contributed by atoms with Gasteiger partial charge in [-0.1, -0.05) is 30.3 Å². The SMILES string of the molecule is NC(=O)c1sc(CCCN2CCC(CNC3CC3c3ccccc3)CC2)nc1O. The van der Waals surface area contributed by atoms with Crippen LogP contribution in [-0.4, -0.2) is 53.1 Å². The third-order valence-electron chi connectivity index (χ3n) is 6.14. The first-order chi connectivity index (χ1) is 14.1. The van der Waals surface area contributed by atoms with Gasteiger partial charge in [-0.15, -0.1) is 11.3 Å². The summed E-state index contributed by atoms with van der Waals surface area (Å²) in [5.74, 6) is 0.646. The number of aryl methyl sites for hydroxylation is 1. The predicted octanol–water partition coefficient (Wildman–Crippen LogP) is 2.74. The van der Waals surface area contributed by atoms with Crippen LogP contribution < -0.4 is 11.1 Å². The smallest absolute Gasteiger partial charge is 0.264 e. The largest absolute Gasteiger partial charge is 0.492 e. The second-order valence-corrected chi connectivity index (χ2v) is 9.36. The molecule has 2 heterocycles. The normalized spacial score (nSPS) is 22.6. The zero-order valence-electron chi connectivity index (χ0n) is 16.7. The molecule has 4 N–H and O–H groups in total. The number of hydrogen-bond donors (Lipinski definition) is 3. The summed E-state index contributed by atoms with van der Waals surface area (Å²) in [6, 6.07) is 11.5. The Hall–Kier alpha value is -1.96. The fourth-order valence-corrected chi connectivity index (χ4v) is 5.15. The van der Waals surface area contributed by atoms with Gasteiger partial charge in [0.1, 0.15) is 0 Å². The lowest BCUT2D eigenvalue weighted by Gasteiger charge is -2.32. The van der Waals surface area contributed by atoms with E-state index in [-0.39, 0.29) is 10.8 Å². The first-order valence-corrected chi connectivity index (χ1v) is 11.4. The van der Waals surface area contributed by atoms with E-state index in [2.05, 4.69) is 45.5 Å². The summed E-state index contributed by atoms with van der Waals surface area (Å²) in [7, 11) is 0. The molecule has 1 aliphatic carbocycles. The van der Waals surface area contributed by atoms with E-state index in [9.17, 15) is 9.90 Å². The minimum Gasteiger partial charge on any atom is -0.492 e. The van der Waals surface area contributed by atoms with Gasteiger partial charge in [0, 0.05) is 18.4 Å². The molecule has 1 aromatic heterocycles. The van der Waals surface area contributed by atoms with Crippen LogP contribution in [0.15, 0.2) is 30.3 Å². The van der Waals surface area contributed by atoms with Crippen molar-refractivity contribution in [2.24, 2.45) is 11.7 Å². The molecule has 0 spiro atoms. The molecule has 1 saturated heterocycles. The van der Waals surface area contributed by atoms with Gasteiger partial charge in [0.25, 0.3) is 5.91 Å². The number of aromatic nitrogens is 1. The highest BCUT2D eigenvalue weighted by molar-refractivity contribution is 7.14. The van der Waals surface area contributed by atoms with Gasteiger partial charge in [-0.05, 0) is 63.3 Å². The number of piperidine rings is 1. The van der Waals surface area contributed by atoms with Gasteiger partial charge in [0.05, 0.1) is 5.01 Å². The maximum atomic E-state index is 11.2. The maximum Gasteiger partial charge on any atom is 0.264 e. The van der Waals surface area contributed by atoms with Gasteiger partial charge in [-0.25, -0.2) is 4.98 Å². The van der Waals surface area contributed by atoms with Crippen molar-refractivity contribution in [3.05, 3.63) is 45.8 Å². The Bertz CT molecular complexity index is 817. The van der Waals surface area contributed by atoms with Crippen LogP contribution in [0.5, 0.6) is 5.88 Å². The summed E-state index contributed by atoms with van der Waals surface area (Å²) < 4.78 is 0. The summed E-state index contributed by atoms with van der Waals surface area (Å²) in [5.41, 5.74) is 6.70. The fraction of sp³-hybridized carbons (Fsp3) is 0.545. The average molecular weight is 415 g/mol. The highest BCUT2D eigenvalue weighted by atomic mass is 32.1. The van der Waals surface area contributed by atoms with E-state index < -0.39 is 5.91 Å². The van der Waals surface area contributed by atoms with Crippen LogP contribution in [0.2, 0.25) is 0 Å². The lowest BCUT2D eigenvalue weighted by molar-refractivity contribution is 0.100. The monoisotopic (exact) mass is 414 g/mol. The zero-order valence-corrected chi connectivity index (χ0v) is 17.5. The molecule has 29 heavy (non-hydrogen) atoms. The minimum atomic E-state index is -0.608. The van der Waals surface area contributed by atoms with Crippen LogP contribution in [0.3, 0.4) is 0 Å². The van der Waals surface area contributed by atoms with E-state index in [1.165, 1.54) is 36.2 Å². The lowest BCUT2D eigenvalue weighted by Crippen LogP contribution is -2.38. The van der Waals surface area contributed by atoms with Crippen molar-refractivity contribution in [3.63, 3.8) is 0 Å². The number of benzene rings is 1. The van der Waals surface area contributed by atoms with E-state index in [0.717, 1.165) is 49.9 Å². The number of carbonyl (C=O) groups excluding carboxylic acids is 1. The number of amides is 1. The molecule has 1 aromatic carbocycles. The third kappa shape index (κ3) is 5.35. The van der Waals surface area contributed by atoms with Gasteiger partial charge in [-0.2, -0.15) is 0 Å². The second-order valence-electron chi connectivity index (χ2n) is 8.28. The Morgan fingerprint density at radius 1 is 1.28 bits per heavy atom. The molecule has 7 heteroatoms. The summed E-state index contributed by atoms with van der Waals surface area (Å²) in [5, 5.41) is 14.2. The van der Waals surface area contributed by atoms with Crippen LogP contribution in [0, 0.1) is 5.92 Å². The number of carbonyl (C=O) groups is 1. The third-order valence-corrected chi connectivity index (χ3v) is 7.26. The van der Waals surface area contributed by atoms with Crippen LogP contribution in [-0.2, 0) is 6.42 Å². The van der Waals surface area contributed by atoms with Gasteiger partial charge in [-0.3, -0.25) is 4.79 Å². The van der Waals surface area contributed by atoms with E-state index in [0.29, 0.717) is 12.0 Å². The van der Waals surface area contributed by atoms with Crippen molar-refractivity contribution in [2.45, 2.75) is 44.1 Å². The summed E-state index contributed by atoms with van der Waals surface area (Å²) in [6.07, 6.45) is 5.52. The molecule has 1 saturated carbocycles. The average Bonchev–Trinajstić information content (AvgIpc) is 3.42. The van der Waals surface area contributed by atoms with E-state index in [1.807, 2.05) is 0 Å². The summed E-state index contributed by atoms with van der Waals surface area (Å²) in [6.45, 7) is 4.46. The van der Waals surface area contributed by atoms with Crippen molar-refractivity contribution in [1.82, 2.24) is 15.2 Å². The molecule has 1 amide bonds. The summed E-state index contributed by atoms with van der Waals surface area (Å²) >= 11 is 1.21. The van der Waals surface area contributed by atoms with Crippen molar-refractivity contribution in [1.29, 1.82) is 0 Å². The number of nitrogens with one attached hydrogen (secondary N) is 1. The number of thiazole rings is 1. The molecule has 2 aromatic rings. The number of nitrogens with two attached hydrogens (primary N) is 1. The highest BCUT2D eigenvalue weighted by Crippen LogP contribution is 2.40. The fourth-order valence-electron chi connectivity index (χ4n) is 4.30. The Balaban J connectivity index is 1.11. The molecule has 2 fully saturated rings. The standard InChI is InChI=1S/C22H30N4O2S/c23-21(27)20-22(28)25-19(29-20)7-4-10-26-11-8-15(9-12-26)14-24-18-13-17(18)16-5-2-1-3-6-16/h1-3,5-6,15,17-18,24,28H,4,7-14H2,(H2,23,27). The van der Waals surface area contributed by atoms with Gasteiger partial charge < -0.3 is 21.1 Å². The Kier molecular flexibility index (Phi) is 6.47. The van der Waals surface area contributed by atoms with E-state index >= 15 is 0 Å². The second kappa shape index (κ2) is 9.24. The molecule has 6 nitrogen and oxygen atoms in total. The maximum absolute atomic E-state index is 11.2. The Labute approximate surface area is 176 Å². The molecule has 4 rings (SSSR count). The molecule has 0 radical (unpaired) electrons. The van der Waals surface area contributed by atoms with Gasteiger partial charge >= 0.3 is 0 Å². The van der Waals surface area contributed by atoms with Crippen LogP contribution in [0.25, 0.3) is 0 Å².